The monoisotopic (exact) mass is 274 g/mol. The van der Waals surface area contributed by atoms with Crippen LogP contribution in [0.3, 0.4) is 0 Å². The number of hydrogen-bond donors (Lipinski definition) is 1. The molecule has 1 saturated carbocycles. The van der Waals surface area contributed by atoms with Crippen LogP contribution in [0.5, 0.6) is 0 Å². The molecule has 1 unspecified atom stereocenters. The summed E-state index contributed by atoms with van der Waals surface area (Å²) in [5.41, 5.74) is 0. The Morgan fingerprint density at radius 3 is 2.93 bits per heavy atom. The van der Waals surface area contributed by atoms with Crippen LogP contribution in [0.25, 0.3) is 0 Å². The van der Waals surface area contributed by atoms with Gasteiger partial charge in [-0.2, -0.15) is 0 Å². The van der Waals surface area contributed by atoms with Crippen LogP contribution >= 0.6 is 27.3 Å². The van der Waals surface area contributed by atoms with Crippen molar-refractivity contribution in [3.05, 3.63) is 20.8 Å². The van der Waals surface area contributed by atoms with Gasteiger partial charge in [-0.05, 0) is 60.0 Å². The van der Waals surface area contributed by atoms with Crippen LogP contribution in [0, 0.1) is 5.92 Å². The van der Waals surface area contributed by atoms with Crippen molar-refractivity contribution in [2.75, 3.05) is 0 Å². The maximum atomic E-state index is 9.67. The molecule has 1 aliphatic carbocycles. The molecule has 2 rings (SSSR count). The number of aliphatic hydroxyl groups excluding tert-OH is 1. The second kappa shape index (κ2) is 4.77. The summed E-state index contributed by atoms with van der Waals surface area (Å²) in [6.07, 6.45) is 5.65. The van der Waals surface area contributed by atoms with Gasteiger partial charge in [-0.3, -0.25) is 0 Å². The first kappa shape index (κ1) is 10.7. The van der Waals surface area contributed by atoms with Crippen LogP contribution in [0.4, 0.5) is 0 Å². The summed E-state index contributed by atoms with van der Waals surface area (Å²) in [7, 11) is 0. The van der Waals surface area contributed by atoms with Gasteiger partial charge in [0.05, 0.1) is 6.10 Å². The lowest BCUT2D eigenvalue weighted by Crippen LogP contribution is -2.08. The zero-order valence-corrected chi connectivity index (χ0v) is 10.5. The average molecular weight is 275 g/mol. The number of thiophene rings is 1. The average Bonchev–Trinajstić information content (AvgIpc) is 2.92. The maximum absolute atomic E-state index is 9.67. The predicted octanol–water partition coefficient (Wildman–Crippen LogP) is 3.60. The van der Waals surface area contributed by atoms with Gasteiger partial charge in [0.1, 0.15) is 0 Å². The molecule has 0 radical (unpaired) electrons. The molecule has 0 aromatic carbocycles. The molecule has 0 bridgehead atoms. The van der Waals surface area contributed by atoms with Crippen molar-refractivity contribution in [3.8, 4) is 0 Å². The van der Waals surface area contributed by atoms with E-state index < -0.39 is 0 Å². The van der Waals surface area contributed by atoms with Crippen molar-refractivity contribution in [1.29, 1.82) is 0 Å². The predicted molar refractivity (Wildman–Crippen MR) is 63.7 cm³/mol. The van der Waals surface area contributed by atoms with E-state index in [1.165, 1.54) is 22.2 Å². The first-order valence-electron chi connectivity index (χ1n) is 5.16. The maximum Gasteiger partial charge on any atom is 0.0568 e. The van der Waals surface area contributed by atoms with E-state index >= 15 is 0 Å². The standard InChI is InChI=1S/C11H15BrOS/c12-9-6-10(14-7-9)2-1-3-11(13)8-4-5-8/h6-8,11,13H,1-5H2. The van der Waals surface area contributed by atoms with Crippen molar-refractivity contribution in [1.82, 2.24) is 0 Å². The summed E-state index contributed by atoms with van der Waals surface area (Å²) in [6, 6.07) is 2.17. The summed E-state index contributed by atoms with van der Waals surface area (Å²) in [5, 5.41) is 11.8. The van der Waals surface area contributed by atoms with Gasteiger partial charge < -0.3 is 5.11 Å². The van der Waals surface area contributed by atoms with E-state index in [-0.39, 0.29) is 6.10 Å². The van der Waals surface area contributed by atoms with Crippen molar-refractivity contribution in [2.45, 2.75) is 38.2 Å². The molecule has 0 saturated heterocycles. The second-order valence-corrected chi connectivity index (χ2v) is 5.94. The third kappa shape index (κ3) is 3.07. The number of halogens is 1. The molecule has 1 N–H and O–H groups in total. The van der Waals surface area contributed by atoms with E-state index in [1.807, 2.05) is 0 Å². The summed E-state index contributed by atoms with van der Waals surface area (Å²) < 4.78 is 1.18. The lowest BCUT2D eigenvalue weighted by molar-refractivity contribution is 0.139. The van der Waals surface area contributed by atoms with Crippen molar-refractivity contribution in [3.63, 3.8) is 0 Å². The van der Waals surface area contributed by atoms with Crippen molar-refractivity contribution in [2.24, 2.45) is 5.92 Å². The van der Waals surface area contributed by atoms with Crippen molar-refractivity contribution >= 4 is 27.3 Å². The zero-order chi connectivity index (χ0) is 9.97. The van der Waals surface area contributed by atoms with Crippen molar-refractivity contribution < 1.29 is 5.11 Å². The summed E-state index contributed by atoms with van der Waals surface area (Å²) >= 11 is 5.24. The van der Waals surface area contributed by atoms with Crippen LogP contribution in [0.2, 0.25) is 0 Å². The Bertz CT molecular complexity index is 293. The molecule has 1 aromatic rings. The van der Waals surface area contributed by atoms with Crippen LogP contribution < -0.4 is 0 Å². The van der Waals surface area contributed by atoms with Gasteiger partial charge in [0, 0.05) is 14.7 Å². The van der Waals surface area contributed by atoms with Crippen LogP contribution in [-0.4, -0.2) is 11.2 Å². The van der Waals surface area contributed by atoms with Gasteiger partial charge in [-0.1, -0.05) is 0 Å². The Kier molecular flexibility index (Phi) is 3.63. The molecule has 78 valence electrons. The summed E-state index contributed by atoms with van der Waals surface area (Å²) in [5.74, 6) is 0.630. The number of hydrogen-bond acceptors (Lipinski definition) is 2. The minimum Gasteiger partial charge on any atom is -0.393 e. The first-order chi connectivity index (χ1) is 6.75. The summed E-state index contributed by atoms with van der Waals surface area (Å²) in [4.78, 5) is 1.42. The molecular weight excluding hydrogens is 260 g/mol. The quantitative estimate of drug-likeness (QED) is 0.870. The smallest absolute Gasteiger partial charge is 0.0568 e. The molecule has 1 nitrogen and oxygen atoms in total. The Balaban J connectivity index is 1.67. The van der Waals surface area contributed by atoms with E-state index in [0.717, 1.165) is 19.3 Å². The fourth-order valence-corrected chi connectivity index (χ4v) is 3.18. The topological polar surface area (TPSA) is 20.2 Å². The lowest BCUT2D eigenvalue weighted by Gasteiger charge is -2.07. The van der Waals surface area contributed by atoms with Crippen LogP contribution in [-0.2, 0) is 6.42 Å². The van der Waals surface area contributed by atoms with E-state index in [2.05, 4.69) is 27.4 Å². The highest BCUT2D eigenvalue weighted by Gasteiger charge is 2.28. The SMILES string of the molecule is OC(CCCc1cc(Br)cs1)C1CC1. The fourth-order valence-electron chi connectivity index (χ4n) is 1.69. The lowest BCUT2D eigenvalue weighted by atomic mass is 10.1. The van der Waals surface area contributed by atoms with E-state index in [9.17, 15) is 5.11 Å². The van der Waals surface area contributed by atoms with E-state index in [1.54, 1.807) is 11.3 Å². The molecular formula is C11H15BrOS. The van der Waals surface area contributed by atoms with Gasteiger partial charge in [-0.25, -0.2) is 0 Å². The normalized spacial score (nSPS) is 18.4. The Morgan fingerprint density at radius 2 is 2.36 bits per heavy atom. The van der Waals surface area contributed by atoms with Gasteiger partial charge >= 0.3 is 0 Å². The third-order valence-corrected chi connectivity index (χ3v) is 4.47. The number of aliphatic hydroxyl groups is 1. The molecule has 14 heavy (non-hydrogen) atoms. The van der Waals surface area contributed by atoms with Gasteiger partial charge in [0.25, 0.3) is 0 Å². The molecule has 3 heteroatoms. The highest BCUT2D eigenvalue weighted by molar-refractivity contribution is 9.10. The Hall–Kier alpha value is 0.140. The largest absolute Gasteiger partial charge is 0.393 e. The Labute approximate surface area is 97.3 Å². The highest BCUT2D eigenvalue weighted by atomic mass is 79.9. The second-order valence-electron chi connectivity index (χ2n) is 4.03. The molecule has 1 aliphatic rings. The minimum atomic E-state index is -0.0293. The molecule has 1 aromatic heterocycles. The first-order valence-corrected chi connectivity index (χ1v) is 6.84. The minimum absolute atomic E-state index is 0.0293. The zero-order valence-electron chi connectivity index (χ0n) is 8.08. The number of rotatable bonds is 5. The molecule has 0 aliphatic heterocycles. The molecule has 1 heterocycles. The molecule has 0 amide bonds. The van der Waals surface area contributed by atoms with E-state index in [0.29, 0.717) is 5.92 Å². The summed E-state index contributed by atoms with van der Waals surface area (Å²) in [6.45, 7) is 0. The van der Waals surface area contributed by atoms with E-state index in [4.69, 9.17) is 0 Å². The molecule has 1 atom stereocenters. The Morgan fingerprint density at radius 1 is 1.57 bits per heavy atom. The highest BCUT2D eigenvalue weighted by Crippen LogP contribution is 2.34. The van der Waals surface area contributed by atoms with Gasteiger partial charge in [0.15, 0.2) is 0 Å². The fraction of sp³-hybridized carbons (Fsp3) is 0.636. The molecule has 0 spiro atoms. The third-order valence-electron chi connectivity index (χ3n) is 2.71. The van der Waals surface area contributed by atoms with Crippen LogP contribution in [0.15, 0.2) is 15.9 Å². The molecule has 1 fully saturated rings. The van der Waals surface area contributed by atoms with Gasteiger partial charge in [-0.15, -0.1) is 11.3 Å². The van der Waals surface area contributed by atoms with Crippen LogP contribution in [0.1, 0.15) is 30.6 Å². The van der Waals surface area contributed by atoms with Gasteiger partial charge in [0.2, 0.25) is 0 Å². The number of aryl methyl sites for hydroxylation is 1.